The van der Waals surface area contributed by atoms with E-state index in [1.807, 2.05) is 6.07 Å². The Hall–Kier alpha value is -1.13. The topological polar surface area (TPSA) is 85.2 Å². The lowest BCUT2D eigenvalue weighted by atomic mass is 10.0. The Balaban J connectivity index is 2.25. The summed E-state index contributed by atoms with van der Waals surface area (Å²) in [5.41, 5.74) is 13.2. The largest absolute Gasteiger partial charge is 0.392 e. The fourth-order valence-corrected chi connectivity index (χ4v) is 1.58. The summed E-state index contributed by atoms with van der Waals surface area (Å²) in [4.78, 5) is 4.02. The summed E-state index contributed by atoms with van der Waals surface area (Å²) >= 11 is 0. The second-order valence-electron chi connectivity index (χ2n) is 3.83. The van der Waals surface area contributed by atoms with Crippen LogP contribution in [-0.2, 0) is 6.61 Å². The van der Waals surface area contributed by atoms with Gasteiger partial charge in [-0.25, -0.2) is 4.98 Å². The third-order valence-electron chi connectivity index (χ3n) is 2.71. The Morgan fingerprint density at radius 1 is 1.57 bits per heavy atom. The van der Waals surface area contributed by atoms with Gasteiger partial charge in [0.05, 0.1) is 6.61 Å². The molecule has 1 fully saturated rings. The molecular formula is C10H15N3O. The van der Waals surface area contributed by atoms with E-state index in [2.05, 4.69) is 4.98 Å². The molecule has 1 aromatic heterocycles. The molecule has 0 radical (unpaired) electrons. The van der Waals surface area contributed by atoms with E-state index in [0.29, 0.717) is 17.3 Å². The molecule has 0 spiro atoms. The van der Waals surface area contributed by atoms with Crippen molar-refractivity contribution in [3.8, 4) is 0 Å². The van der Waals surface area contributed by atoms with E-state index in [0.717, 1.165) is 5.56 Å². The molecule has 0 unspecified atom stereocenters. The van der Waals surface area contributed by atoms with Crippen LogP contribution in [0.5, 0.6) is 0 Å². The lowest BCUT2D eigenvalue weighted by Crippen LogP contribution is -2.13. The predicted octanol–water partition coefficient (Wildman–Crippen LogP) is 0.566. The van der Waals surface area contributed by atoms with Gasteiger partial charge in [-0.15, -0.1) is 0 Å². The normalized spacial score (nSPS) is 18.1. The Kier molecular flexibility index (Phi) is 2.39. The summed E-state index contributed by atoms with van der Waals surface area (Å²) in [6.45, 7) is -0.0793. The molecule has 4 heteroatoms. The van der Waals surface area contributed by atoms with Crippen molar-refractivity contribution in [2.75, 3.05) is 5.73 Å². The van der Waals surface area contributed by atoms with Gasteiger partial charge in [0.25, 0.3) is 0 Å². The van der Waals surface area contributed by atoms with Crippen LogP contribution in [-0.4, -0.2) is 10.1 Å². The summed E-state index contributed by atoms with van der Waals surface area (Å²) in [6.07, 6.45) is 4.09. The number of nitrogen functional groups attached to an aromatic ring is 1. The standard InChI is InChI=1S/C10H15N3O/c11-9(6-1-2-6)7-3-8(5-14)10(12)13-4-7/h3-4,6,9,14H,1-2,5,11H2,(H2,12,13)/t9-/m0/s1. The highest BCUT2D eigenvalue weighted by Gasteiger charge is 2.29. The number of hydrogen-bond acceptors (Lipinski definition) is 4. The van der Waals surface area contributed by atoms with Gasteiger partial charge < -0.3 is 16.6 Å². The second kappa shape index (κ2) is 3.55. The minimum atomic E-state index is -0.0793. The average molecular weight is 193 g/mol. The molecule has 0 bridgehead atoms. The smallest absolute Gasteiger partial charge is 0.128 e. The van der Waals surface area contributed by atoms with Crippen LogP contribution < -0.4 is 11.5 Å². The van der Waals surface area contributed by atoms with E-state index in [9.17, 15) is 0 Å². The molecule has 0 aliphatic heterocycles. The molecule has 2 rings (SSSR count). The molecular weight excluding hydrogens is 178 g/mol. The Morgan fingerprint density at radius 2 is 2.29 bits per heavy atom. The van der Waals surface area contributed by atoms with Gasteiger partial charge in [0, 0.05) is 17.8 Å². The van der Waals surface area contributed by atoms with Gasteiger partial charge in [-0.05, 0) is 30.4 Å². The quantitative estimate of drug-likeness (QED) is 0.655. The first-order valence-corrected chi connectivity index (χ1v) is 4.83. The van der Waals surface area contributed by atoms with Gasteiger partial charge in [-0.3, -0.25) is 0 Å². The van der Waals surface area contributed by atoms with E-state index < -0.39 is 0 Å². The molecule has 1 aliphatic carbocycles. The Bertz CT molecular complexity index is 336. The molecule has 1 saturated carbocycles. The number of nitrogens with zero attached hydrogens (tertiary/aromatic N) is 1. The highest BCUT2D eigenvalue weighted by Crippen LogP contribution is 2.39. The van der Waals surface area contributed by atoms with E-state index in [4.69, 9.17) is 16.6 Å². The van der Waals surface area contributed by atoms with Crippen molar-refractivity contribution in [3.63, 3.8) is 0 Å². The van der Waals surface area contributed by atoms with Crippen molar-refractivity contribution in [3.05, 3.63) is 23.4 Å². The predicted molar refractivity (Wildman–Crippen MR) is 54.2 cm³/mol. The van der Waals surface area contributed by atoms with Crippen LogP contribution in [0.4, 0.5) is 5.82 Å². The summed E-state index contributed by atoms with van der Waals surface area (Å²) in [5, 5.41) is 9.02. The first-order chi connectivity index (χ1) is 6.72. The zero-order valence-corrected chi connectivity index (χ0v) is 7.98. The number of aliphatic hydroxyl groups is 1. The Morgan fingerprint density at radius 3 is 2.86 bits per heavy atom. The maximum Gasteiger partial charge on any atom is 0.128 e. The van der Waals surface area contributed by atoms with E-state index >= 15 is 0 Å². The van der Waals surface area contributed by atoms with Crippen molar-refractivity contribution in [2.45, 2.75) is 25.5 Å². The Labute approximate surface area is 82.9 Å². The molecule has 14 heavy (non-hydrogen) atoms. The summed E-state index contributed by atoms with van der Waals surface area (Å²) in [7, 11) is 0. The van der Waals surface area contributed by atoms with Crippen LogP contribution in [0.2, 0.25) is 0 Å². The molecule has 0 saturated heterocycles. The van der Waals surface area contributed by atoms with E-state index in [-0.39, 0.29) is 12.6 Å². The van der Waals surface area contributed by atoms with Crippen LogP contribution >= 0.6 is 0 Å². The van der Waals surface area contributed by atoms with Crippen LogP contribution in [0.25, 0.3) is 0 Å². The van der Waals surface area contributed by atoms with Gasteiger partial charge in [0.1, 0.15) is 5.82 Å². The average Bonchev–Trinajstić information content (AvgIpc) is 3.01. The highest BCUT2D eigenvalue weighted by atomic mass is 16.3. The molecule has 0 amide bonds. The number of aromatic nitrogens is 1. The number of hydrogen-bond donors (Lipinski definition) is 3. The molecule has 5 N–H and O–H groups in total. The molecule has 76 valence electrons. The minimum Gasteiger partial charge on any atom is -0.392 e. The molecule has 0 aromatic carbocycles. The maximum atomic E-state index is 9.02. The summed E-state index contributed by atoms with van der Waals surface area (Å²) in [5.74, 6) is 0.978. The van der Waals surface area contributed by atoms with Gasteiger partial charge in [-0.1, -0.05) is 0 Å². The maximum absolute atomic E-state index is 9.02. The second-order valence-corrected chi connectivity index (χ2v) is 3.83. The van der Waals surface area contributed by atoms with Crippen molar-refractivity contribution in [1.82, 2.24) is 4.98 Å². The van der Waals surface area contributed by atoms with Gasteiger partial charge in [0.2, 0.25) is 0 Å². The SMILES string of the molecule is Nc1ncc([C@@H](N)C2CC2)cc1CO. The van der Waals surface area contributed by atoms with Gasteiger partial charge in [0.15, 0.2) is 0 Å². The molecule has 4 nitrogen and oxygen atoms in total. The number of anilines is 1. The molecule has 1 atom stereocenters. The van der Waals surface area contributed by atoms with Crippen LogP contribution in [0, 0.1) is 5.92 Å². The van der Waals surface area contributed by atoms with Crippen molar-refractivity contribution >= 4 is 5.82 Å². The van der Waals surface area contributed by atoms with E-state index in [1.54, 1.807) is 6.20 Å². The first-order valence-electron chi connectivity index (χ1n) is 4.83. The third kappa shape index (κ3) is 1.71. The third-order valence-corrected chi connectivity index (χ3v) is 2.71. The number of pyridine rings is 1. The minimum absolute atomic E-state index is 0.0494. The summed E-state index contributed by atoms with van der Waals surface area (Å²) in [6, 6.07) is 1.90. The zero-order valence-electron chi connectivity index (χ0n) is 7.98. The lowest BCUT2D eigenvalue weighted by molar-refractivity contribution is 0.282. The van der Waals surface area contributed by atoms with Crippen molar-refractivity contribution in [2.24, 2.45) is 11.7 Å². The molecule has 1 aliphatic rings. The summed E-state index contributed by atoms with van der Waals surface area (Å²) < 4.78 is 0. The van der Waals surface area contributed by atoms with Gasteiger partial charge in [-0.2, -0.15) is 0 Å². The fraction of sp³-hybridized carbons (Fsp3) is 0.500. The van der Waals surface area contributed by atoms with Crippen LogP contribution in [0.3, 0.4) is 0 Å². The van der Waals surface area contributed by atoms with Crippen LogP contribution in [0.1, 0.15) is 30.0 Å². The van der Waals surface area contributed by atoms with E-state index in [1.165, 1.54) is 12.8 Å². The highest BCUT2D eigenvalue weighted by molar-refractivity contribution is 5.41. The van der Waals surface area contributed by atoms with Crippen molar-refractivity contribution < 1.29 is 5.11 Å². The van der Waals surface area contributed by atoms with Crippen molar-refractivity contribution in [1.29, 1.82) is 0 Å². The number of rotatable bonds is 3. The number of nitrogens with two attached hydrogens (primary N) is 2. The lowest BCUT2D eigenvalue weighted by Gasteiger charge is -2.12. The number of aliphatic hydroxyl groups excluding tert-OH is 1. The first kappa shape index (κ1) is 9.43. The zero-order chi connectivity index (χ0) is 10.1. The van der Waals surface area contributed by atoms with Crippen LogP contribution in [0.15, 0.2) is 12.3 Å². The molecule has 1 aromatic rings. The van der Waals surface area contributed by atoms with Gasteiger partial charge >= 0.3 is 0 Å². The fourth-order valence-electron chi connectivity index (χ4n) is 1.58. The monoisotopic (exact) mass is 193 g/mol. The molecule has 1 heterocycles.